The van der Waals surface area contributed by atoms with Crippen molar-refractivity contribution in [2.24, 2.45) is 0 Å². The summed E-state index contributed by atoms with van der Waals surface area (Å²) < 4.78 is 23.3. The van der Waals surface area contributed by atoms with Crippen molar-refractivity contribution in [1.82, 2.24) is 4.90 Å². The molecule has 0 fully saturated rings. The van der Waals surface area contributed by atoms with Crippen molar-refractivity contribution in [1.29, 1.82) is 0 Å². The first-order valence-electron chi connectivity index (χ1n) is 5.98. The molecule has 0 bridgehead atoms. The quantitative estimate of drug-likeness (QED) is 0.575. The largest absolute Gasteiger partial charge is 0.368 e. The van der Waals surface area contributed by atoms with Gasteiger partial charge < -0.3 is 9.80 Å². The van der Waals surface area contributed by atoms with Gasteiger partial charge in [-0.3, -0.25) is 10.1 Å². The highest BCUT2D eigenvalue weighted by Crippen LogP contribution is 2.33. The van der Waals surface area contributed by atoms with E-state index < -0.39 is 14.8 Å². The SMILES string of the molecule is CN(C)CCN(C)c1cccc(S(C)(=O)=O)c1[N+](=O)[O-]. The molecule has 0 radical (unpaired) electrons. The van der Waals surface area contributed by atoms with Crippen molar-refractivity contribution in [3.05, 3.63) is 28.3 Å². The summed E-state index contributed by atoms with van der Waals surface area (Å²) in [6.45, 7) is 1.26. The fourth-order valence-corrected chi connectivity index (χ4v) is 2.63. The average molecular weight is 301 g/mol. The van der Waals surface area contributed by atoms with E-state index in [4.69, 9.17) is 0 Å². The van der Waals surface area contributed by atoms with E-state index in [2.05, 4.69) is 0 Å². The normalized spacial score (nSPS) is 11.7. The number of nitrogens with zero attached hydrogens (tertiary/aromatic N) is 3. The Morgan fingerprint density at radius 2 is 1.80 bits per heavy atom. The van der Waals surface area contributed by atoms with Crippen LogP contribution in [0.2, 0.25) is 0 Å². The molecule has 0 saturated carbocycles. The van der Waals surface area contributed by atoms with Crippen LogP contribution in [0.1, 0.15) is 0 Å². The van der Waals surface area contributed by atoms with E-state index in [0.29, 0.717) is 18.8 Å². The van der Waals surface area contributed by atoms with Crippen LogP contribution < -0.4 is 4.90 Å². The van der Waals surface area contributed by atoms with Gasteiger partial charge in [-0.25, -0.2) is 8.42 Å². The Bertz CT molecular complexity index is 599. The van der Waals surface area contributed by atoms with Crippen LogP contribution in [0.15, 0.2) is 23.1 Å². The number of hydrogen-bond acceptors (Lipinski definition) is 6. The van der Waals surface area contributed by atoms with Crippen molar-refractivity contribution < 1.29 is 13.3 Å². The minimum absolute atomic E-state index is 0.253. The number of anilines is 1. The Kier molecular flexibility index (Phi) is 5.07. The molecular weight excluding hydrogens is 282 g/mol. The zero-order chi connectivity index (χ0) is 15.5. The van der Waals surface area contributed by atoms with Crippen molar-refractivity contribution in [3.8, 4) is 0 Å². The van der Waals surface area contributed by atoms with Crippen molar-refractivity contribution in [2.75, 3.05) is 45.4 Å². The van der Waals surface area contributed by atoms with Crippen LogP contribution in [0.25, 0.3) is 0 Å². The Hall–Kier alpha value is -1.67. The number of likely N-dealkylation sites (N-methyl/N-ethyl adjacent to an activating group) is 2. The van der Waals surface area contributed by atoms with Crippen LogP contribution in [-0.4, -0.2) is 58.7 Å². The molecule has 0 amide bonds. The number of para-hydroxylation sites is 1. The summed E-state index contributed by atoms with van der Waals surface area (Å²) >= 11 is 0. The molecule has 1 aromatic rings. The van der Waals surface area contributed by atoms with Gasteiger partial charge in [-0.2, -0.15) is 0 Å². The van der Waals surface area contributed by atoms with Crippen LogP contribution in [0.5, 0.6) is 0 Å². The molecule has 112 valence electrons. The topological polar surface area (TPSA) is 83.8 Å². The van der Waals surface area contributed by atoms with Gasteiger partial charge in [0.25, 0.3) is 0 Å². The maximum atomic E-state index is 11.7. The molecule has 0 heterocycles. The number of nitro groups is 1. The Labute approximate surface area is 118 Å². The van der Waals surface area contributed by atoms with Crippen LogP contribution in [-0.2, 0) is 9.84 Å². The fourth-order valence-electron chi connectivity index (χ4n) is 1.77. The van der Waals surface area contributed by atoms with E-state index in [-0.39, 0.29) is 10.6 Å². The van der Waals surface area contributed by atoms with Gasteiger partial charge >= 0.3 is 5.69 Å². The van der Waals surface area contributed by atoms with E-state index in [1.54, 1.807) is 18.0 Å². The highest BCUT2D eigenvalue weighted by atomic mass is 32.2. The second kappa shape index (κ2) is 6.19. The summed E-state index contributed by atoms with van der Waals surface area (Å²) in [7, 11) is 1.86. The number of benzene rings is 1. The highest BCUT2D eigenvalue weighted by Gasteiger charge is 2.27. The molecular formula is C12H19N3O4S. The molecule has 0 aliphatic heterocycles. The first kappa shape index (κ1) is 16.4. The summed E-state index contributed by atoms with van der Waals surface area (Å²) in [6.07, 6.45) is 0.971. The van der Waals surface area contributed by atoms with Gasteiger partial charge in [-0.15, -0.1) is 0 Å². The van der Waals surface area contributed by atoms with Gasteiger partial charge in [0, 0.05) is 26.4 Å². The molecule has 0 aromatic heterocycles. The van der Waals surface area contributed by atoms with Crippen LogP contribution in [0.4, 0.5) is 11.4 Å². The smallest absolute Gasteiger partial charge is 0.311 e. The molecule has 0 atom stereocenters. The van der Waals surface area contributed by atoms with E-state index in [9.17, 15) is 18.5 Å². The Balaban J connectivity index is 3.30. The molecule has 0 aliphatic rings. The summed E-state index contributed by atoms with van der Waals surface area (Å²) in [6, 6.07) is 4.34. The van der Waals surface area contributed by atoms with Gasteiger partial charge in [-0.05, 0) is 26.2 Å². The zero-order valence-corrected chi connectivity index (χ0v) is 12.8. The number of rotatable bonds is 6. The van der Waals surface area contributed by atoms with E-state index in [1.807, 2.05) is 19.0 Å². The Morgan fingerprint density at radius 1 is 1.20 bits per heavy atom. The summed E-state index contributed by atoms with van der Waals surface area (Å²) in [5, 5.41) is 11.2. The van der Waals surface area contributed by atoms with Gasteiger partial charge in [0.2, 0.25) is 0 Å². The lowest BCUT2D eigenvalue weighted by Gasteiger charge is -2.21. The lowest BCUT2D eigenvalue weighted by molar-refractivity contribution is -0.387. The monoisotopic (exact) mass is 301 g/mol. The lowest BCUT2D eigenvalue weighted by atomic mass is 10.2. The minimum atomic E-state index is -3.64. The predicted octanol–water partition coefficient (Wildman–Crippen LogP) is 0.996. The highest BCUT2D eigenvalue weighted by molar-refractivity contribution is 7.90. The number of nitro benzene ring substituents is 1. The molecule has 0 N–H and O–H groups in total. The van der Waals surface area contributed by atoms with Crippen molar-refractivity contribution in [2.45, 2.75) is 4.90 Å². The maximum absolute atomic E-state index is 11.7. The van der Waals surface area contributed by atoms with Crippen LogP contribution in [0.3, 0.4) is 0 Å². The average Bonchev–Trinajstić information content (AvgIpc) is 2.33. The zero-order valence-electron chi connectivity index (χ0n) is 12.0. The Morgan fingerprint density at radius 3 is 2.25 bits per heavy atom. The predicted molar refractivity (Wildman–Crippen MR) is 78.0 cm³/mol. The first-order chi connectivity index (χ1) is 9.14. The molecule has 8 heteroatoms. The standard InChI is InChI=1S/C12H19N3O4S/c1-13(2)8-9-14(3)10-6-5-7-11(20(4,18)19)12(10)15(16)17/h5-7H,8-9H2,1-4H3. The van der Waals surface area contributed by atoms with E-state index >= 15 is 0 Å². The van der Waals surface area contributed by atoms with E-state index in [1.165, 1.54) is 12.1 Å². The molecule has 20 heavy (non-hydrogen) atoms. The lowest BCUT2D eigenvalue weighted by Crippen LogP contribution is -2.29. The third kappa shape index (κ3) is 3.91. The number of sulfone groups is 1. The minimum Gasteiger partial charge on any atom is -0.368 e. The molecule has 0 unspecified atom stereocenters. The van der Waals surface area contributed by atoms with Crippen molar-refractivity contribution >= 4 is 21.2 Å². The molecule has 0 spiro atoms. The second-order valence-electron chi connectivity index (χ2n) is 4.88. The summed E-state index contributed by atoms with van der Waals surface area (Å²) in [5.41, 5.74) is -0.0592. The molecule has 7 nitrogen and oxygen atoms in total. The molecule has 1 rings (SSSR count). The van der Waals surface area contributed by atoms with Gasteiger partial charge in [0.05, 0.1) is 4.92 Å². The van der Waals surface area contributed by atoms with Crippen molar-refractivity contribution in [3.63, 3.8) is 0 Å². The molecule has 0 saturated heterocycles. The third-order valence-electron chi connectivity index (χ3n) is 2.85. The van der Waals surface area contributed by atoms with Crippen LogP contribution in [0, 0.1) is 10.1 Å². The molecule has 1 aromatic carbocycles. The van der Waals surface area contributed by atoms with E-state index in [0.717, 1.165) is 6.26 Å². The van der Waals surface area contributed by atoms with Gasteiger partial charge in [-0.1, -0.05) is 6.07 Å². The van der Waals surface area contributed by atoms with Crippen LogP contribution >= 0.6 is 0 Å². The second-order valence-corrected chi connectivity index (χ2v) is 6.86. The molecule has 0 aliphatic carbocycles. The number of hydrogen-bond donors (Lipinski definition) is 0. The fraction of sp³-hybridized carbons (Fsp3) is 0.500. The summed E-state index contributed by atoms with van der Waals surface area (Å²) in [5.74, 6) is 0. The maximum Gasteiger partial charge on any atom is 0.311 e. The van der Waals surface area contributed by atoms with Gasteiger partial charge in [0.1, 0.15) is 10.6 Å². The first-order valence-corrected chi connectivity index (χ1v) is 7.87. The summed E-state index contributed by atoms with van der Waals surface area (Å²) in [4.78, 5) is 14.0. The van der Waals surface area contributed by atoms with Gasteiger partial charge in [0.15, 0.2) is 9.84 Å². The third-order valence-corrected chi connectivity index (χ3v) is 3.98.